The normalized spacial score (nSPS) is 9.93. The third-order valence-electron chi connectivity index (χ3n) is 0.922. The number of carbonyl (C=O) groups is 1. The van der Waals surface area contributed by atoms with Crippen molar-refractivity contribution < 1.29 is 33.2 Å². The van der Waals surface area contributed by atoms with Gasteiger partial charge in [-0.25, -0.2) is 4.98 Å². The first-order valence-corrected chi connectivity index (χ1v) is 3.27. The van der Waals surface area contributed by atoms with Gasteiger partial charge in [0.25, 0.3) is 0 Å². The number of carbonyl (C=O) groups excluding carboxylic acids is 1. The van der Waals surface area contributed by atoms with Crippen LogP contribution in [-0.4, -0.2) is 17.3 Å². The number of nitrogens with one attached hydrogen (secondary N) is 1. The Hall–Kier alpha value is -1.79. The summed E-state index contributed by atoms with van der Waals surface area (Å²) in [5, 5.41) is 17.4. The van der Waals surface area contributed by atoms with Crippen LogP contribution < -0.4 is 10.1 Å². The Kier molecular flexibility index (Phi) is 4.41. The van der Waals surface area contributed by atoms with Gasteiger partial charge in [-0.15, -0.1) is 0 Å². The molecule has 7 heteroatoms. The van der Waals surface area contributed by atoms with E-state index in [1.807, 2.05) is 0 Å². The molecule has 0 fully saturated rings. The number of halogens is 3. The molecule has 0 spiro atoms. The van der Waals surface area contributed by atoms with Gasteiger partial charge < -0.3 is 15.0 Å². The van der Waals surface area contributed by atoms with Gasteiger partial charge in [0.1, 0.15) is 5.97 Å². The number of pyridine rings is 1. The van der Waals surface area contributed by atoms with E-state index in [9.17, 15) is 13.2 Å². The zero-order chi connectivity index (χ0) is 11.2. The molecule has 78 valence electrons. The number of H-pyrrole nitrogens is 1. The molecular weight excluding hydrogens is 203 g/mol. The van der Waals surface area contributed by atoms with Gasteiger partial charge in [0.05, 0.1) is 0 Å². The van der Waals surface area contributed by atoms with Gasteiger partial charge in [0.2, 0.25) is 6.20 Å². The van der Waals surface area contributed by atoms with Crippen molar-refractivity contribution in [1.82, 2.24) is 0 Å². The van der Waals surface area contributed by atoms with E-state index in [4.69, 9.17) is 15.0 Å². The van der Waals surface area contributed by atoms with E-state index in [1.54, 1.807) is 18.3 Å². The first-order chi connectivity index (χ1) is 6.34. The molecule has 0 aliphatic carbocycles. The zero-order valence-corrected chi connectivity index (χ0v) is 6.71. The van der Waals surface area contributed by atoms with Crippen LogP contribution in [0.15, 0.2) is 24.5 Å². The van der Waals surface area contributed by atoms with Gasteiger partial charge in [-0.3, -0.25) is 0 Å². The summed E-state index contributed by atoms with van der Waals surface area (Å²) in [6, 6.07) is 3.34. The molecule has 0 radical (unpaired) electrons. The Morgan fingerprint density at radius 1 is 1.50 bits per heavy atom. The van der Waals surface area contributed by atoms with Gasteiger partial charge in [0.15, 0.2) is 11.9 Å². The summed E-state index contributed by atoms with van der Waals surface area (Å²) in [5.41, 5.74) is 0. The van der Waals surface area contributed by atoms with Crippen LogP contribution in [0.3, 0.4) is 0 Å². The van der Waals surface area contributed by atoms with Crippen molar-refractivity contribution in [3.8, 4) is 5.75 Å². The van der Waals surface area contributed by atoms with Crippen LogP contribution in [0.25, 0.3) is 0 Å². The molecule has 4 nitrogen and oxygen atoms in total. The highest BCUT2D eigenvalue weighted by atomic mass is 19.4. The number of alkyl halides is 3. The molecule has 1 aromatic rings. The van der Waals surface area contributed by atoms with Crippen LogP contribution in [0.2, 0.25) is 0 Å². The van der Waals surface area contributed by atoms with Crippen molar-refractivity contribution in [3.05, 3.63) is 24.5 Å². The number of rotatable bonds is 0. The van der Waals surface area contributed by atoms with Gasteiger partial charge in [0, 0.05) is 6.07 Å². The smallest absolute Gasteiger partial charge is 0.430 e. The summed E-state index contributed by atoms with van der Waals surface area (Å²) in [5.74, 6) is -2.74. The van der Waals surface area contributed by atoms with Crippen molar-refractivity contribution in [1.29, 1.82) is 0 Å². The minimum absolute atomic E-state index is 0.266. The molecule has 0 aliphatic heterocycles. The SMILES string of the molecule is O=C([O-])C(F)(F)F.Oc1ccc[nH+]c1. The van der Waals surface area contributed by atoms with Crippen LogP contribution in [0.1, 0.15) is 0 Å². The zero-order valence-electron chi connectivity index (χ0n) is 6.71. The van der Waals surface area contributed by atoms with Gasteiger partial charge >= 0.3 is 6.18 Å². The standard InChI is InChI=1S/C5H5NO.C2HF3O2/c7-5-2-1-3-6-4-5;3-2(4,5)1(6)7/h1-4,7H;(H,6,7). The Labute approximate surface area is 76.6 Å². The lowest BCUT2D eigenvalue weighted by Gasteiger charge is -2.03. The Morgan fingerprint density at radius 2 is 2.00 bits per heavy atom. The summed E-state index contributed by atoms with van der Waals surface area (Å²) in [7, 11) is 0. The van der Waals surface area contributed by atoms with Crippen molar-refractivity contribution in [2.75, 3.05) is 0 Å². The summed E-state index contributed by atoms with van der Waals surface area (Å²) in [6.07, 6.45) is -1.94. The quantitative estimate of drug-likeness (QED) is 0.626. The van der Waals surface area contributed by atoms with Crippen LogP contribution >= 0.6 is 0 Å². The second-order valence-electron chi connectivity index (χ2n) is 2.05. The van der Waals surface area contributed by atoms with E-state index >= 15 is 0 Å². The average Bonchev–Trinajstić information content (AvgIpc) is 2.04. The number of aromatic amines is 1. The Morgan fingerprint density at radius 3 is 2.14 bits per heavy atom. The number of hydrogen-bond acceptors (Lipinski definition) is 3. The third-order valence-corrected chi connectivity index (χ3v) is 0.922. The lowest BCUT2D eigenvalue weighted by Crippen LogP contribution is -2.37. The predicted molar refractivity (Wildman–Crippen MR) is 35.7 cm³/mol. The van der Waals surface area contributed by atoms with E-state index in [-0.39, 0.29) is 5.75 Å². The molecule has 0 saturated heterocycles. The molecule has 0 atom stereocenters. The molecular formula is C7H6F3NO3. The fourth-order valence-electron chi connectivity index (χ4n) is 0.384. The second kappa shape index (κ2) is 5.05. The molecule has 14 heavy (non-hydrogen) atoms. The van der Waals surface area contributed by atoms with Gasteiger partial charge in [-0.1, -0.05) is 0 Å². The van der Waals surface area contributed by atoms with E-state index < -0.39 is 12.1 Å². The molecule has 0 aliphatic rings. The largest absolute Gasteiger partial charge is 0.542 e. The first-order valence-electron chi connectivity index (χ1n) is 3.27. The molecule has 1 rings (SSSR count). The van der Waals surface area contributed by atoms with Gasteiger partial charge in [-0.2, -0.15) is 13.2 Å². The molecule has 2 N–H and O–H groups in total. The van der Waals surface area contributed by atoms with E-state index in [2.05, 4.69) is 4.98 Å². The topological polar surface area (TPSA) is 74.5 Å². The van der Waals surface area contributed by atoms with Crippen molar-refractivity contribution >= 4 is 5.97 Å². The molecule has 0 unspecified atom stereocenters. The van der Waals surface area contributed by atoms with Crippen molar-refractivity contribution in [3.63, 3.8) is 0 Å². The minimum Gasteiger partial charge on any atom is -0.542 e. The fourth-order valence-corrected chi connectivity index (χ4v) is 0.384. The monoisotopic (exact) mass is 209 g/mol. The summed E-state index contributed by atoms with van der Waals surface area (Å²) in [4.78, 5) is 11.5. The first kappa shape index (κ1) is 12.2. The number of aromatic hydroxyl groups is 1. The second-order valence-corrected chi connectivity index (χ2v) is 2.05. The number of carboxylic acids is 1. The average molecular weight is 209 g/mol. The van der Waals surface area contributed by atoms with E-state index in [0.717, 1.165) is 0 Å². The molecule has 0 saturated carbocycles. The van der Waals surface area contributed by atoms with Crippen molar-refractivity contribution in [2.45, 2.75) is 6.18 Å². The lowest BCUT2D eigenvalue weighted by atomic mass is 10.5. The highest BCUT2D eigenvalue weighted by Crippen LogP contribution is 2.11. The number of aliphatic carboxylic acids is 1. The maximum atomic E-state index is 10.5. The number of hydrogen-bond donors (Lipinski definition) is 1. The highest BCUT2D eigenvalue weighted by molar-refractivity contribution is 5.70. The number of aromatic nitrogens is 1. The third kappa shape index (κ3) is 5.81. The van der Waals surface area contributed by atoms with E-state index in [0.29, 0.717) is 0 Å². The fraction of sp³-hybridized carbons (Fsp3) is 0.143. The molecule has 0 aromatic carbocycles. The molecule has 1 heterocycles. The summed E-state index contributed by atoms with van der Waals surface area (Å²) < 4.78 is 31.5. The van der Waals surface area contributed by atoms with Crippen LogP contribution in [-0.2, 0) is 4.79 Å². The Bertz CT molecular complexity index is 286. The van der Waals surface area contributed by atoms with Crippen LogP contribution in [0.4, 0.5) is 13.2 Å². The van der Waals surface area contributed by atoms with Crippen LogP contribution in [0, 0.1) is 0 Å². The lowest BCUT2D eigenvalue weighted by molar-refractivity contribution is -0.379. The molecule has 0 bridgehead atoms. The highest BCUT2D eigenvalue weighted by Gasteiger charge is 2.28. The van der Waals surface area contributed by atoms with E-state index in [1.165, 1.54) is 6.20 Å². The maximum absolute atomic E-state index is 10.5. The van der Waals surface area contributed by atoms with Crippen molar-refractivity contribution in [2.24, 2.45) is 0 Å². The minimum atomic E-state index is -5.19. The molecule has 0 amide bonds. The van der Waals surface area contributed by atoms with Crippen LogP contribution in [0.5, 0.6) is 5.75 Å². The Balaban J connectivity index is 0.000000241. The molecule has 1 aromatic heterocycles. The number of carboxylic acid groups (broad SMARTS) is 1. The van der Waals surface area contributed by atoms with Gasteiger partial charge in [-0.05, 0) is 6.07 Å². The summed E-state index contributed by atoms with van der Waals surface area (Å²) >= 11 is 0. The summed E-state index contributed by atoms with van der Waals surface area (Å²) in [6.45, 7) is 0. The maximum Gasteiger partial charge on any atom is 0.430 e. The predicted octanol–water partition coefficient (Wildman–Crippen LogP) is -0.495.